The van der Waals surface area contributed by atoms with Crippen LogP contribution in [-0.4, -0.2) is 44.0 Å². The van der Waals surface area contributed by atoms with Crippen LogP contribution in [-0.2, 0) is 14.8 Å². The van der Waals surface area contributed by atoms with Gasteiger partial charge in [-0.3, -0.25) is 4.79 Å². The van der Waals surface area contributed by atoms with E-state index in [9.17, 15) is 13.2 Å². The summed E-state index contributed by atoms with van der Waals surface area (Å²) in [6.07, 6.45) is 1.30. The molecule has 1 N–H and O–H groups in total. The lowest BCUT2D eigenvalue weighted by Crippen LogP contribution is -2.36. The van der Waals surface area contributed by atoms with E-state index in [1.54, 1.807) is 0 Å². The molecule has 0 bridgehead atoms. The van der Waals surface area contributed by atoms with Crippen LogP contribution in [0.5, 0.6) is 5.75 Å². The molecule has 1 aromatic carbocycles. The molecule has 0 heterocycles. The van der Waals surface area contributed by atoms with E-state index in [1.807, 2.05) is 0 Å². The summed E-state index contributed by atoms with van der Waals surface area (Å²) in [6, 6.07) is 2.69. The molecule has 0 aliphatic rings. The highest BCUT2D eigenvalue weighted by Crippen LogP contribution is 2.36. The smallest absolute Gasteiger partial charge is 0.318 e. The van der Waals surface area contributed by atoms with Gasteiger partial charge in [-0.1, -0.05) is 17.7 Å². The molecule has 0 aliphatic carbocycles. The van der Waals surface area contributed by atoms with E-state index < -0.39 is 22.5 Å². The number of hydrogen-bond acceptors (Lipinski definition) is 4. The van der Waals surface area contributed by atoms with Gasteiger partial charge in [0.2, 0.25) is 10.0 Å². The highest BCUT2D eigenvalue weighted by atomic mass is 79.9. The minimum atomic E-state index is -4.10. The van der Waals surface area contributed by atoms with Crippen molar-refractivity contribution in [3.8, 4) is 5.75 Å². The Balaban J connectivity index is 3.46. The predicted molar refractivity (Wildman–Crippen MR) is 82.3 cm³/mol. The Kier molecular flexibility index (Phi) is 6.21. The van der Waals surface area contributed by atoms with E-state index in [4.69, 9.17) is 21.4 Å². The van der Waals surface area contributed by atoms with Crippen molar-refractivity contribution in [3.63, 3.8) is 0 Å². The van der Waals surface area contributed by atoms with Gasteiger partial charge in [0.15, 0.2) is 5.75 Å². The predicted octanol–water partition coefficient (Wildman–Crippen LogP) is 2.37. The van der Waals surface area contributed by atoms with Gasteiger partial charge >= 0.3 is 5.97 Å². The fourth-order valence-corrected chi connectivity index (χ4v) is 4.34. The Labute approximate surface area is 136 Å². The van der Waals surface area contributed by atoms with Crippen molar-refractivity contribution in [3.05, 3.63) is 34.3 Å². The molecule has 0 aliphatic heterocycles. The third kappa shape index (κ3) is 4.19. The van der Waals surface area contributed by atoms with E-state index in [0.717, 1.165) is 4.31 Å². The zero-order chi connectivity index (χ0) is 16.2. The van der Waals surface area contributed by atoms with Gasteiger partial charge in [0, 0.05) is 11.6 Å². The number of hydrogen-bond donors (Lipinski definition) is 1. The van der Waals surface area contributed by atoms with Crippen molar-refractivity contribution < 1.29 is 23.1 Å². The molecule has 116 valence electrons. The van der Waals surface area contributed by atoms with Crippen LogP contribution in [0, 0.1) is 0 Å². The zero-order valence-corrected chi connectivity index (χ0v) is 14.2. The van der Waals surface area contributed by atoms with Crippen molar-refractivity contribution in [2.75, 3.05) is 20.2 Å². The third-order valence-electron chi connectivity index (χ3n) is 2.44. The van der Waals surface area contributed by atoms with Crippen molar-refractivity contribution in [2.24, 2.45) is 0 Å². The first-order valence-corrected chi connectivity index (χ1v) is 8.21. The van der Waals surface area contributed by atoms with E-state index >= 15 is 0 Å². The molecule has 9 heteroatoms. The molecule has 0 aromatic heterocycles. The Hall–Kier alpha value is -1.09. The Morgan fingerprint density at radius 1 is 1.57 bits per heavy atom. The molecule has 0 unspecified atom stereocenters. The maximum Gasteiger partial charge on any atom is 0.318 e. The second-order valence-corrected chi connectivity index (χ2v) is 7.10. The van der Waals surface area contributed by atoms with Crippen LogP contribution in [0.1, 0.15) is 0 Å². The highest BCUT2D eigenvalue weighted by Gasteiger charge is 2.30. The summed E-state index contributed by atoms with van der Waals surface area (Å²) in [6.45, 7) is 2.58. The van der Waals surface area contributed by atoms with Crippen LogP contribution >= 0.6 is 27.5 Å². The summed E-state index contributed by atoms with van der Waals surface area (Å²) in [5, 5.41) is 9.03. The Bertz CT molecular complexity index is 662. The first-order valence-electron chi connectivity index (χ1n) is 5.60. The molecule has 0 amide bonds. The summed E-state index contributed by atoms with van der Waals surface area (Å²) in [4.78, 5) is 10.6. The zero-order valence-electron chi connectivity index (χ0n) is 11.0. The van der Waals surface area contributed by atoms with Gasteiger partial charge in [-0.15, -0.1) is 6.58 Å². The average molecular weight is 399 g/mol. The molecule has 0 spiro atoms. The summed E-state index contributed by atoms with van der Waals surface area (Å²) < 4.78 is 31.4. The van der Waals surface area contributed by atoms with Gasteiger partial charge in [0.05, 0.1) is 11.6 Å². The largest absolute Gasteiger partial charge is 0.494 e. The van der Waals surface area contributed by atoms with Gasteiger partial charge in [-0.05, 0) is 28.1 Å². The SMILES string of the molecule is C=CCN(CC(=O)O)S(=O)(=O)c1cc(Cl)cc(Br)c1OC. The highest BCUT2D eigenvalue weighted by molar-refractivity contribution is 9.10. The van der Waals surface area contributed by atoms with E-state index in [-0.39, 0.29) is 22.2 Å². The average Bonchev–Trinajstić information content (AvgIpc) is 2.36. The van der Waals surface area contributed by atoms with Crippen LogP contribution < -0.4 is 4.74 Å². The van der Waals surface area contributed by atoms with E-state index in [1.165, 1.54) is 25.3 Å². The quantitative estimate of drug-likeness (QED) is 0.713. The van der Waals surface area contributed by atoms with Crippen LogP contribution in [0.2, 0.25) is 5.02 Å². The topological polar surface area (TPSA) is 83.9 Å². The van der Waals surface area contributed by atoms with Gasteiger partial charge < -0.3 is 9.84 Å². The number of carboxylic acids is 1. The van der Waals surface area contributed by atoms with Crippen molar-refractivity contribution in [1.29, 1.82) is 0 Å². The number of aliphatic carboxylic acids is 1. The molecule has 0 saturated heterocycles. The Morgan fingerprint density at radius 2 is 2.19 bits per heavy atom. The lowest BCUT2D eigenvalue weighted by Gasteiger charge is -2.20. The fraction of sp³-hybridized carbons (Fsp3) is 0.250. The summed E-state index contributed by atoms with van der Waals surface area (Å²) in [5.74, 6) is -1.22. The number of methoxy groups -OCH3 is 1. The normalized spacial score (nSPS) is 11.4. The van der Waals surface area contributed by atoms with Gasteiger partial charge in [0.25, 0.3) is 0 Å². The van der Waals surface area contributed by atoms with E-state index in [2.05, 4.69) is 22.5 Å². The standard InChI is InChI=1S/C12H13BrClNO5S/c1-3-4-15(7-11(16)17)21(18,19)10-6-8(14)5-9(13)12(10)20-2/h3,5-6H,1,4,7H2,2H3,(H,16,17). The maximum atomic E-state index is 12.6. The fourth-order valence-electron chi connectivity index (χ4n) is 1.61. The van der Waals surface area contributed by atoms with Gasteiger partial charge in [-0.2, -0.15) is 4.31 Å². The molecule has 1 rings (SSSR count). The number of ether oxygens (including phenoxy) is 1. The molecule has 0 fully saturated rings. The minimum Gasteiger partial charge on any atom is -0.494 e. The molecule has 0 radical (unpaired) electrons. The molecule has 6 nitrogen and oxygen atoms in total. The lowest BCUT2D eigenvalue weighted by atomic mass is 10.3. The second kappa shape index (κ2) is 7.26. The van der Waals surface area contributed by atoms with Crippen LogP contribution in [0.25, 0.3) is 0 Å². The number of rotatable bonds is 7. The van der Waals surface area contributed by atoms with Crippen LogP contribution in [0.4, 0.5) is 0 Å². The molecule has 0 saturated carbocycles. The second-order valence-electron chi connectivity index (χ2n) is 3.90. The third-order valence-corrected chi connectivity index (χ3v) is 5.06. The van der Waals surface area contributed by atoms with Crippen molar-refractivity contribution in [2.45, 2.75) is 4.90 Å². The van der Waals surface area contributed by atoms with Crippen LogP contribution in [0.3, 0.4) is 0 Å². The number of sulfonamides is 1. The maximum absolute atomic E-state index is 12.6. The molecule has 0 atom stereocenters. The number of carboxylic acid groups (broad SMARTS) is 1. The number of halogens is 2. The van der Waals surface area contributed by atoms with Gasteiger partial charge in [0.1, 0.15) is 11.4 Å². The number of benzene rings is 1. The summed E-state index contributed by atoms with van der Waals surface area (Å²) in [7, 11) is -2.80. The van der Waals surface area contributed by atoms with Crippen molar-refractivity contribution in [1.82, 2.24) is 4.31 Å². The minimum absolute atomic E-state index is 0.0545. The monoisotopic (exact) mass is 397 g/mol. The first kappa shape index (κ1) is 18.0. The summed E-state index contributed by atoms with van der Waals surface area (Å²) >= 11 is 9.03. The number of carbonyl (C=O) groups is 1. The van der Waals surface area contributed by atoms with Crippen LogP contribution in [0.15, 0.2) is 34.2 Å². The van der Waals surface area contributed by atoms with E-state index in [0.29, 0.717) is 4.47 Å². The molecular formula is C12H13BrClNO5S. The number of nitrogens with zero attached hydrogens (tertiary/aromatic N) is 1. The molecular weight excluding hydrogens is 386 g/mol. The van der Waals surface area contributed by atoms with Gasteiger partial charge in [-0.25, -0.2) is 8.42 Å². The first-order chi connectivity index (χ1) is 9.73. The lowest BCUT2D eigenvalue weighted by molar-refractivity contribution is -0.137. The van der Waals surface area contributed by atoms with Crippen molar-refractivity contribution >= 4 is 43.5 Å². The molecule has 1 aromatic rings. The summed E-state index contributed by atoms with van der Waals surface area (Å²) in [5.41, 5.74) is 0. The molecule has 21 heavy (non-hydrogen) atoms. The Morgan fingerprint density at radius 3 is 2.67 bits per heavy atom.